The van der Waals surface area contributed by atoms with Crippen molar-refractivity contribution in [1.82, 2.24) is 47.3 Å². The minimum Gasteiger partial charge on any atom is -0.481 e. The molecule has 0 aliphatic rings. The van der Waals surface area contributed by atoms with Crippen molar-refractivity contribution in [2.24, 2.45) is 5.84 Å². The van der Waals surface area contributed by atoms with E-state index < -0.39 is 44.9 Å². The lowest BCUT2D eigenvalue weighted by Crippen LogP contribution is -2.49. The zero-order chi connectivity index (χ0) is 75.8. The average Bonchev–Trinajstić information content (AvgIpc) is 1.47. The number of carboxylic acids is 1. The number of nitrogens with two attached hydrogens (primary N) is 1. The summed E-state index contributed by atoms with van der Waals surface area (Å²) in [4.78, 5) is 91.2. The zero-order valence-corrected chi connectivity index (χ0v) is 63.1. The van der Waals surface area contributed by atoms with Crippen molar-refractivity contribution in [3.8, 4) is 11.5 Å². The standard InChI is InChI=1S/C22H22ClN3O2.C22H20ClN3O.C14H17ClN2O3.C10H13ClN2O.C10H11ClO2/c1-13-17-7-5-6-8-18(17)24-14(2)19(13)20(27)25-26-21(28)22(3,4)15-9-11-16(23)12-10-15;1-13-17-7-5-6-8-18(17)24-14(2)19(13)20-25-26-21(27-20)22(3,4)15-9-11-16(23)12-10-15;1-9(18)8-12(19)16-17-13(20)14(2,3)10-4-6-11(15)7-5-10;1-10(2,9(14)13-12)7-3-5-8(11)6-4-7;1-10(2,9(12)13)7-3-5-8(11)6-4-7/h5-12H,1-4H3,(H,25,27)(H,26,28);5-12H,1-4H3;4-7H,8H2,1-3H3,(H,16,19)(H,17,20);3-6H,12H2,1-2H3,(H,13,14);3-6H,1-2H3,(H,12,13). The van der Waals surface area contributed by atoms with Crippen molar-refractivity contribution in [2.45, 2.75) is 137 Å². The van der Waals surface area contributed by atoms with Crippen LogP contribution in [0, 0.1) is 27.7 Å². The number of ketones is 1. The van der Waals surface area contributed by atoms with E-state index in [-0.39, 0.29) is 29.9 Å². The molecule has 7 aromatic carbocycles. The van der Waals surface area contributed by atoms with Gasteiger partial charge in [0, 0.05) is 35.9 Å². The Hall–Kier alpha value is -9.60. The smallest absolute Gasteiger partial charge is 0.313 e. The fraction of sp³-hybridized carbons (Fsp3) is 0.269. The molecule has 0 atom stereocenters. The molecule has 0 aliphatic carbocycles. The van der Waals surface area contributed by atoms with Gasteiger partial charge in [0.25, 0.3) is 5.91 Å². The van der Waals surface area contributed by atoms with Crippen molar-refractivity contribution < 1.29 is 43.1 Å². The molecular weight excluding hydrogens is 1400 g/mol. The first-order chi connectivity index (χ1) is 47.7. The molecule has 534 valence electrons. The normalized spacial score (nSPS) is 11.3. The van der Waals surface area contributed by atoms with Crippen LogP contribution in [0.15, 0.2) is 174 Å². The molecule has 0 radical (unpaired) electrons. The maximum Gasteiger partial charge on any atom is 0.313 e. The predicted octanol–water partition coefficient (Wildman–Crippen LogP) is 16.2. The fourth-order valence-electron chi connectivity index (χ4n) is 10.3. The Balaban J connectivity index is 0.000000207. The molecule has 10 aromatic rings. The molecule has 0 fully saturated rings. The van der Waals surface area contributed by atoms with Gasteiger partial charge in [0.2, 0.25) is 35.4 Å². The number of hydrazine groups is 3. The number of aromatic nitrogens is 4. The van der Waals surface area contributed by atoms with E-state index in [2.05, 4.69) is 69.1 Å². The molecule has 8 N–H and O–H groups in total. The number of Topliss-reactive ketones (excluding diaryl/α,β-unsaturated/α-hetero) is 1. The Kier molecular flexibility index (Phi) is 27.8. The number of amides is 5. The minimum atomic E-state index is -0.857. The van der Waals surface area contributed by atoms with E-state index in [9.17, 15) is 33.6 Å². The van der Waals surface area contributed by atoms with Crippen LogP contribution < -0.4 is 33.0 Å². The van der Waals surface area contributed by atoms with Gasteiger partial charge in [-0.3, -0.25) is 70.7 Å². The maximum absolute atomic E-state index is 12.8. The molecule has 19 nitrogen and oxygen atoms in total. The number of aryl methyl sites for hydroxylation is 4. The summed E-state index contributed by atoms with van der Waals surface area (Å²) in [5.74, 6) is 3.19. The summed E-state index contributed by atoms with van der Waals surface area (Å²) >= 11 is 29.2. The molecule has 102 heavy (non-hydrogen) atoms. The van der Waals surface area contributed by atoms with Gasteiger partial charge >= 0.3 is 5.97 Å². The van der Waals surface area contributed by atoms with Crippen LogP contribution in [0.1, 0.15) is 149 Å². The summed E-state index contributed by atoms with van der Waals surface area (Å²) in [6.07, 6.45) is -0.262. The fourth-order valence-corrected chi connectivity index (χ4v) is 11.0. The maximum atomic E-state index is 12.8. The van der Waals surface area contributed by atoms with E-state index in [1.165, 1.54) is 6.92 Å². The topological polar surface area (TPSA) is 291 Å². The highest BCUT2D eigenvalue weighted by molar-refractivity contribution is 6.31. The van der Waals surface area contributed by atoms with Crippen LogP contribution in [-0.4, -0.2) is 66.6 Å². The lowest BCUT2D eigenvalue weighted by molar-refractivity contribution is -0.142. The summed E-state index contributed by atoms with van der Waals surface area (Å²) in [5.41, 5.74) is 19.0. The summed E-state index contributed by atoms with van der Waals surface area (Å²) in [6, 6.07) is 51.4. The number of carbonyl (C=O) groups is 7. The van der Waals surface area contributed by atoms with Gasteiger partial charge in [-0.15, -0.1) is 10.2 Å². The van der Waals surface area contributed by atoms with Crippen LogP contribution in [0.2, 0.25) is 25.1 Å². The van der Waals surface area contributed by atoms with Crippen molar-refractivity contribution >= 4 is 121 Å². The number of carboxylic acid groups (broad SMARTS) is 1. The summed E-state index contributed by atoms with van der Waals surface area (Å²) in [7, 11) is 0. The van der Waals surface area contributed by atoms with Gasteiger partial charge in [0.15, 0.2) is 0 Å². The van der Waals surface area contributed by atoms with Gasteiger partial charge in [-0.25, -0.2) is 5.84 Å². The first-order valence-electron chi connectivity index (χ1n) is 32.1. The third-order valence-electron chi connectivity index (χ3n) is 17.3. The van der Waals surface area contributed by atoms with Crippen LogP contribution in [0.3, 0.4) is 0 Å². The van der Waals surface area contributed by atoms with E-state index >= 15 is 0 Å². The lowest BCUT2D eigenvalue weighted by atomic mass is 9.84. The van der Waals surface area contributed by atoms with Crippen LogP contribution in [0.5, 0.6) is 0 Å². The second kappa shape index (κ2) is 34.8. The van der Waals surface area contributed by atoms with E-state index in [1.54, 1.807) is 147 Å². The second-order valence-corrected chi connectivity index (χ2v) is 28.8. The first kappa shape index (κ1) is 81.4. The SMILES string of the molecule is CC(=O)CC(=O)NNC(=O)C(C)(C)c1ccc(Cl)cc1.CC(C)(C(=O)NN)c1ccc(Cl)cc1.CC(C)(C(=O)O)c1ccc(Cl)cc1.Cc1nc2ccccc2c(C)c1-c1nnc(C(C)(C)c2ccc(Cl)cc2)o1.Cc1nc2ccccc2c(C)c1C(=O)NNC(=O)C(C)(C)c1ccc(Cl)cc1. The van der Waals surface area contributed by atoms with Gasteiger partial charge in [0.05, 0.1) is 67.0 Å². The van der Waals surface area contributed by atoms with Crippen LogP contribution in [0.4, 0.5) is 0 Å². The zero-order valence-electron chi connectivity index (χ0n) is 59.3. The molecule has 10 rings (SSSR count). The van der Waals surface area contributed by atoms with E-state index in [4.69, 9.17) is 78.4 Å². The monoisotopic (exact) mass is 1480 g/mol. The van der Waals surface area contributed by atoms with Crippen LogP contribution in [0.25, 0.3) is 33.3 Å². The minimum absolute atomic E-state index is 0.222. The molecule has 0 saturated heterocycles. The van der Waals surface area contributed by atoms with Crippen molar-refractivity contribution in [3.05, 3.63) is 257 Å². The third-order valence-corrected chi connectivity index (χ3v) is 18.5. The number of para-hydroxylation sites is 2. The number of hydrogen-bond donors (Lipinski definition) is 7. The number of pyridine rings is 2. The number of nitrogens with zero attached hydrogens (tertiary/aromatic N) is 4. The Labute approximate surface area is 619 Å². The first-order valence-corrected chi connectivity index (χ1v) is 33.9. The van der Waals surface area contributed by atoms with Gasteiger partial charge < -0.3 is 9.52 Å². The number of fused-ring (bicyclic) bond motifs is 2. The third kappa shape index (κ3) is 20.6. The Morgan fingerprint density at radius 1 is 0.441 bits per heavy atom. The molecule has 3 heterocycles. The number of aliphatic carboxylic acids is 1. The number of rotatable bonds is 14. The molecule has 0 spiro atoms. The van der Waals surface area contributed by atoms with Crippen LogP contribution >= 0.6 is 58.0 Å². The molecule has 5 amide bonds. The summed E-state index contributed by atoms with van der Waals surface area (Å²) < 4.78 is 6.13. The van der Waals surface area contributed by atoms with Crippen molar-refractivity contribution in [3.63, 3.8) is 0 Å². The van der Waals surface area contributed by atoms with Crippen molar-refractivity contribution in [1.29, 1.82) is 0 Å². The Morgan fingerprint density at radius 2 is 0.794 bits per heavy atom. The lowest BCUT2D eigenvalue weighted by Gasteiger charge is -2.24. The quantitative estimate of drug-likeness (QED) is 0.0231. The van der Waals surface area contributed by atoms with Crippen LogP contribution in [-0.2, 0) is 55.8 Å². The van der Waals surface area contributed by atoms with Crippen molar-refractivity contribution in [2.75, 3.05) is 0 Å². The molecular formula is C78H83Cl5N10O9. The number of nitrogens with one attached hydrogen (secondary N) is 5. The van der Waals surface area contributed by atoms with Gasteiger partial charge in [-0.05, 0) is 216 Å². The highest BCUT2D eigenvalue weighted by atomic mass is 35.5. The highest BCUT2D eigenvalue weighted by Gasteiger charge is 2.34. The average molecular weight is 1480 g/mol. The number of benzene rings is 7. The number of halogens is 5. The molecule has 0 unspecified atom stereocenters. The van der Waals surface area contributed by atoms with E-state index in [0.29, 0.717) is 48.2 Å². The van der Waals surface area contributed by atoms with E-state index in [0.717, 1.165) is 72.0 Å². The summed E-state index contributed by atoms with van der Waals surface area (Å²) in [6.45, 7) is 27.1. The highest BCUT2D eigenvalue weighted by Crippen LogP contribution is 2.37. The molecule has 0 aliphatic heterocycles. The second-order valence-electron chi connectivity index (χ2n) is 26.6. The van der Waals surface area contributed by atoms with Gasteiger partial charge in [-0.2, -0.15) is 0 Å². The predicted molar refractivity (Wildman–Crippen MR) is 404 cm³/mol. The van der Waals surface area contributed by atoms with Gasteiger partial charge in [-0.1, -0.05) is 155 Å². The number of hydrogen-bond acceptors (Lipinski definition) is 13. The number of carbonyl (C=O) groups excluding carboxylic acids is 6. The van der Waals surface area contributed by atoms with Gasteiger partial charge in [0.1, 0.15) is 5.78 Å². The largest absolute Gasteiger partial charge is 0.481 e. The molecule has 24 heteroatoms. The molecule has 0 saturated carbocycles. The molecule has 0 bridgehead atoms. The van der Waals surface area contributed by atoms with E-state index in [1.807, 2.05) is 92.7 Å². The molecule has 3 aromatic heterocycles. The Morgan fingerprint density at radius 3 is 1.19 bits per heavy atom. The Bertz CT molecular complexity index is 4660. The summed E-state index contributed by atoms with van der Waals surface area (Å²) in [5, 5.41) is 22.8.